The molecule has 1 atom stereocenters. The number of allylic oxidation sites excluding steroid dienone is 2. The summed E-state index contributed by atoms with van der Waals surface area (Å²) in [6.07, 6.45) is 5.65. The lowest BCUT2D eigenvalue weighted by Gasteiger charge is -2.36. The fraction of sp³-hybridized carbons (Fsp3) is 0.200. The van der Waals surface area contributed by atoms with Gasteiger partial charge in [0.15, 0.2) is 17.3 Å². The van der Waals surface area contributed by atoms with Crippen molar-refractivity contribution in [3.05, 3.63) is 83.6 Å². The van der Waals surface area contributed by atoms with Gasteiger partial charge in [0.05, 0.1) is 27.0 Å². The van der Waals surface area contributed by atoms with Crippen molar-refractivity contribution in [1.82, 2.24) is 9.78 Å². The zero-order valence-corrected chi connectivity index (χ0v) is 18.3. The molecule has 0 amide bonds. The largest absolute Gasteiger partial charge is 0.493 e. The molecule has 7 nitrogen and oxygen atoms in total. The van der Waals surface area contributed by atoms with E-state index in [9.17, 15) is 4.79 Å². The van der Waals surface area contributed by atoms with Crippen LogP contribution in [-0.4, -0.2) is 37.0 Å². The highest BCUT2D eigenvalue weighted by Gasteiger charge is 2.41. The standard InChI is InChI=1S/C25H25N3O4/c1-5-21(29)28-19-15-25(16-9-7-6-8-10-16,14-13-17(19)24(26)27-28)18-11-12-20(30-2)23(32-4)22(18)31-3/h5-14H,1,15H2,2-4H3,(H2,26,27). The summed E-state index contributed by atoms with van der Waals surface area (Å²) in [7, 11) is 4.76. The summed E-state index contributed by atoms with van der Waals surface area (Å²) in [6, 6.07) is 13.8. The van der Waals surface area contributed by atoms with Crippen molar-refractivity contribution >= 4 is 17.8 Å². The number of nitrogens with zero attached hydrogens (tertiary/aromatic N) is 2. The van der Waals surface area contributed by atoms with Crippen LogP contribution >= 0.6 is 0 Å². The second kappa shape index (κ2) is 8.26. The third kappa shape index (κ3) is 3.13. The lowest BCUT2D eigenvalue weighted by molar-refractivity contribution is 0.0950. The van der Waals surface area contributed by atoms with Crippen LogP contribution in [0.5, 0.6) is 17.2 Å². The average molecular weight is 431 g/mol. The Labute approximate surface area is 186 Å². The SMILES string of the molecule is C=CC(=O)n1nc(N)c2c1CC(c1ccccc1)(c1ccc(OC)c(OC)c1OC)C=C2. The Hall–Kier alpha value is -4.00. The van der Waals surface area contributed by atoms with E-state index in [1.165, 1.54) is 10.8 Å². The first-order chi connectivity index (χ1) is 15.5. The molecule has 0 fully saturated rings. The first kappa shape index (κ1) is 21.2. The molecule has 0 spiro atoms. The van der Waals surface area contributed by atoms with Gasteiger partial charge in [-0.3, -0.25) is 4.79 Å². The first-order valence-corrected chi connectivity index (χ1v) is 10.1. The van der Waals surface area contributed by atoms with E-state index in [0.717, 1.165) is 16.7 Å². The smallest absolute Gasteiger partial charge is 0.270 e. The third-order valence-corrected chi connectivity index (χ3v) is 5.89. The van der Waals surface area contributed by atoms with Crippen LogP contribution in [0.1, 0.15) is 27.2 Å². The number of methoxy groups -OCH3 is 3. The predicted octanol–water partition coefficient (Wildman–Crippen LogP) is 3.87. The van der Waals surface area contributed by atoms with E-state index in [-0.39, 0.29) is 5.91 Å². The van der Waals surface area contributed by atoms with Crippen LogP contribution < -0.4 is 19.9 Å². The number of fused-ring (bicyclic) bond motifs is 1. The van der Waals surface area contributed by atoms with Crippen LogP contribution in [0, 0.1) is 0 Å². The van der Waals surface area contributed by atoms with Gasteiger partial charge in [-0.1, -0.05) is 55.1 Å². The van der Waals surface area contributed by atoms with E-state index in [4.69, 9.17) is 19.9 Å². The molecule has 0 saturated carbocycles. The van der Waals surface area contributed by atoms with Gasteiger partial charge in [0, 0.05) is 23.0 Å². The molecule has 32 heavy (non-hydrogen) atoms. The summed E-state index contributed by atoms with van der Waals surface area (Å²) in [5, 5.41) is 4.27. The topological polar surface area (TPSA) is 88.6 Å². The molecule has 1 unspecified atom stereocenters. The second-order valence-corrected chi connectivity index (χ2v) is 7.43. The van der Waals surface area contributed by atoms with Gasteiger partial charge in [-0.15, -0.1) is 5.10 Å². The lowest BCUT2D eigenvalue weighted by Crippen LogP contribution is -2.33. The van der Waals surface area contributed by atoms with Crippen molar-refractivity contribution in [3.63, 3.8) is 0 Å². The van der Waals surface area contributed by atoms with Gasteiger partial charge >= 0.3 is 0 Å². The minimum atomic E-state index is -0.676. The van der Waals surface area contributed by atoms with Crippen LogP contribution in [0.3, 0.4) is 0 Å². The number of ether oxygens (including phenoxy) is 3. The average Bonchev–Trinajstić information content (AvgIpc) is 3.18. The molecule has 1 aliphatic rings. The van der Waals surface area contributed by atoms with Gasteiger partial charge in [-0.05, 0) is 17.7 Å². The highest BCUT2D eigenvalue weighted by atomic mass is 16.5. The number of nitrogens with two attached hydrogens (primary N) is 1. The lowest BCUT2D eigenvalue weighted by atomic mass is 9.68. The maximum atomic E-state index is 12.5. The molecule has 0 aliphatic heterocycles. The normalized spacial score (nSPS) is 16.8. The van der Waals surface area contributed by atoms with Crippen LogP contribution in [0.4, 0.5) is 5.82 Å². The zero-order valence-electron chi connectivity index (χ0n) is 18.3. The van der Waals surface area contributed by atoms with Gasteiger partial charge in [0.1, 0.15) is 0 Å². The van der Waals surface area contributed by atoms with Crippen LogP contribution in [0.25, 0.3) is 6.08 Å². The number of hydrogen-bond acceptors (Lipinski definition) is 6. The number of hydrogen-bond donors (Lipinski definition) is 1. The van der Waals surface area contributed by atoms with Crippen LogP contribution in [0.2, 0.25) is 0 Å². The van der Waals surface area contributed by atoms with Crippen molar-refractivity contribution < 1.29 is 19.0 Å². The molecule has 1 aliphatic carbocycles. The number of nitrogen functional groups attached to an aromatic ring is 1. The van der Waals surface area contributed by atoms with Gasteiger partial charge in [0.2, 0.25) is 5.75 Å². The van der Waals surface area contributed by atoms with Crippen LogP contribution in [-0.2, 0) is 11.8 Å². The Bertz CT molecular complexity index is 1210. The van der Waals surface area contributed by atoms with Crippen LogP contribution in [0.15, 0.2) is 61.2 Å². The number of carbonyl (C=O) groups excluding carboxylic acids is 1. The summed E-state index contributed by atoms with van der Waals surface area (Å²) in [6.45, 7) is 3.60. The molecule has 0 saturated heterocycles. The summed E-state index contributed by atoms with van der Waals surface area (Å²) < 4.78 is 18.3. The molecule has 0 bridgehead atoms. The number of anilines is 1. The Morgan fingerprint density at radius 1 is 1.09 bits per heavy atom. The summed E-state index contributed by atoms with van der Waals surface area (Å²) >= 11 is 0. The molecular formula is C25H25N3O4. The Balaban J connectivity index is 2.03. The molecular weight excluding hydrogens is 406 g/mol. The predicted molar refractivity (Wildman–Crippen MR) is 124 cm³/mol. The molecule has 164 valence electrons. The van der Waals surface area contributed by atoms with E-state index in [1.54, 1.807) is 21.3 Å². The van der Waals surface area contributed by atoms with Crippen molar-refractivity contribution in [3.8, 4) is 17.2 Å². The fourth-order valence-electron chi connectivity index (χ4n) is 4.38. The highest BCUT2D eigenvalue weighted by Crippen LogP contribution is 2.50. The number of rotatable bonds is 6. The van der Waals surface area contributed by atoms with Gasteiger partial charge in [-0.25, -0.2) is 0 Å². The number of aromatic nitrogens is 2. The van der Waals surface area contributed by atoms with E-state index in [1.807, 2.05) is 48.5 Å². The second-order valence-electron chi connectivity index (χ2n) is 7.43. The van der Waals surface area contributed by atoms with E-state index < -0.39 is 5.41 Å². The van der Waals surface area contributed by atoms with Gasteiger partial charge < -0.3 is 19.9 Å². The van der Waals surface area contributed by atoms with Crippen molar-refractivity contribution in [2.45, 2.75) is 11.8 Å². The highest BCUT2D eigenvalue weighted by molar-refractivity contribution is 5.91. The monoisotopic (exact) mass is 431 g/mol. The summed E-state index contributed by atoms with van der Waals surface area (Å²) in [4.78, 5) is 12.5. The molecule has 2 N–H and O–H groups in total. The zero-order chi connectivity index (χ0) is 22.9. The number of carbonyl (C=O) groups is 1. The molecule has 1 heterocycles. The maximum Gasteiger partial charge on any atom is 0.270 e. The first-order valence-electron chi connectivity index (χ1n) is 10.1. The van der Waals surface area contributed by atoms with E-state index >= 15 is 0 Å². The maximum absolute atomic E-state index is 12.5. The van der Waals surface area contributed by atoms with E-state index in [0.29, 0.717) is 35.2 Å². The number of benzene rings is 2. The molecule has 2 aromatic carbocycles. The van der Waals surface area contributed by atoms with Gasteiger partial charge in [0.25, 0.3) is 5.91 Å². The summed E-state index contributed by atoms with van der Waals surface area (Å²) in [5.74, 6) is 1.57. The molecule has 0 radical (unpaired) electrons. The van der Waals surface area contributed by atoms with Gasteiger partial charge in [-0.2, -0.15) is 4.68 Å². The molecule has 4 rings (SSSR count). The quantitative estimate of drug-likeness (QED) is 0.596. The molecule has 3 aromatic rings. The van der Waals surface area contributed by atoms with E-state index in [2.05, 4.69) is 17.8 Å². The van der Waals surface area contributed by atoms with Crippen molar-refractivity contribution in [2.24, 2.45) is 0 Å². The van der Waals surface area contributed by atoms with Crippen molar-refractivity contribution in [2.75, 3.05) is 27.1 Å². The molecule has 1 aromatic heterocycles. The minimum absolute atomic E-state index is 0.299. The Morgan fingerprint density at radius 2 is 1.81 bits per heavy atom. The Morgan fingerprint density at radius 3 is 2.44 bits per heavy atom. The molecule has 7 heteroatoms. The third-order valence-electron chi connectivity index (χ3n) is 5.89. The minimum Gasteiger partial charge on any atom is -0.493 e. The fourth-order valence-corrected chi connectivity index (χ4v) is 4.38. The Kier molecular flexibility index (Phi) is 5.48. The van der Waals surface area contributed by atoms with Crippen molar-refractivity contribution in [1.29, 1.82) is 0 Å². The summed E-state index contributed by atoms with van der Waals surface area (Å²) in [5.41, 5.74) is 8.77.